The van der Waals surface area contributed by atoms with Gasteiger partial charge in [0.05, 0.1) is 13.8 Å². The average molecular weight is 457 g/mol. The van der Waals surface area contributed by atoms with E-state index in [1.165, 1.54) is 39.0 Å². The molecule has 2 aliphatic rings. The first-order chi connectivity index (χ1) is 16.7. The van der Waals surface area contributed by atoms with E-state index in [2.05, 4.69) is 64.5 Å². The second-order valence-corrected chi connectivity index (χ2v) is 9.52. The SMILES string of the molecule is COc1ccc(C2=C(c3ccc(CC4CN(CCCF)C4)cc3)c3ccccc3CCC2)cn1. The lowest BCUT2D eigenvalue weighted by Gasteiger charge is -2.39. The van der Waals surface area contributed by atoms with Crippen molar-refractivity contribution in [2.45, 2.75) is 32.1 Å². The van der Waals surface area contributed by atoms with Gasteiger partial charge in [-0.05, 0) is 83.1 Å². The minimum atomic E-state index is -0.212. The molecule has 2 heterocycles. The molecule has 0 amide bonds. The Morgan fingerprint density at radius 3 is 2.50 bits per heavy atom. The Labute approximate surface area is 202 Å². The van der Waals surface area contributed by atoms with Gasteiger partial charge in [0.25, 0.3) is 0 Å². The standard InChI is InChI=1S/C30H33FN2O/c1-34-29-15-14-26(19-32-29)28-9-4-7-24-6-2-3-8-27(24)30(28)25-12-10-22(11-13-25)18-23-20-33(21-23)17-5-16-31/h2-3,6,8,10-15,19,23H,4-5,7,9,16-18,20-21H2,1H3. The lowest BCUT2D eigenvalue weighted by atomic mass is 9.87. The summed E-state index contributed by atoms with van der Waals surface area (Å²) in [6.45, 7) is 2.86. The van der Waals surface area contributed by atoms with Crippen LogP contribution in [0.5, 0.6) is 5.88 Å². The first-order valence-electron chi connectivity index (χ1n) is 12.4. The van der Waals surface area contributed by atoms with Gasteiger partial charge >= 0.3 is 0 Å². The molecule has 0 unspecified atom stereocenters. The third-order valence-corrected chi connectivity index (χ3v) is 7.16. The third kappa shape index (κ3) is 4.92. The van der Waals surface area contributed by atoms with Crippen molar-refractivity contribution in [2.75, 3.05) is 33.4 Å². The zero-order valence-electron chi connectivity index (χ0n) is 20.0. The van der Waals surface area contributed by atoms with Gasteiger partial charge in [-0.2, -0.15) is 0 Å². The molecule has 3 aromatic rings. The number of hydrogen-bond acceptors (Lipinski definition) is 3. The molecule has 0 N–H and O–H groups in total. The molecule has 1 aliphatic heterocycles. The minimum Gasteiger partial charge on any atom is -0.481 e. The number of aromatic nitrogens is 1. The summed E-state index contributed by atoms with van der Waals surface area (Å²) in [5.74, 6) is 1.33. The predicted octanol–water partition coefficient (Wildman–Crippen LogP) is 6.22. The summed E-state index contributed by atoms with van der Waals surface area (Å²) >= 11 is 0. The molecule has 1 aromatic heterocycles. The quantitative estimate of drug-likeness (QED) is 0.402. The number of aryl methyl sites for hydroxylation is 1. The maximum absolute atomic E-state index is 12.4. The Balaban J connectivity index is 1.44. The van der Waals surface area contributed by atoms with E-state index in [0.717, 1.165) is 45.3 Å². The molecule has 176 valence electrons. The summed E-state index contributed by atoms with van der Waals surface area (Å²) in [5.41, 5.74) is 9.25. The zero-order valence-corrected chi connectivity index (χ0v) is 20.0. The van der Waals surface area contributed by atoms with Crippen molar-refractivity contribution in [1.82, 2.24) is 9.88 Å². The van der Waals surface area contributed by atoms with Gasteiger partial charge < -0.3 is 9.64 Å². The average Bonchev–Trinajstić information content (AvgIpc) is 3.05. The van der Waals surface area contributed by atoms with E-state index in [1.54, 1.807) is 7.11 Å². The molecule has 34 heavy (non-hydrogen) atoms. The fourth-order valence-corrected chi connectivity index (χ4v) is 5.44. The first kappa shape index (κ1) is 22.8. The van der Waals surface area contributed by atoms with Crippen LogP contribution < -0.4 is 4.74 Å². The number of halogens is 1. The molecule has 0 atom stereocenters. The van der Waals surface area contributed by atoms with Gasteiger partial charge in [-0.25, -0.2) is 4.98 Å². The molecule has 1 aliphatic carbocycles. The number of methoxy groups -OCH3 is 1. The maximum Gasteiger partial charge on any atom is 0.212 e. The Morgan fingerprint density at radius 1 is 0.971 bits per heavy atom. The van der Waals surface area contributed by atoms with Crippen LogP contribution >= 0.6 is 0 Å². The maximum atomic E-state index is 12.4. The summed E-state index contributed by atoms with van der Waals surface area (Å²) in [5, 5.41) is 0. The molecular weight excluding hydrogens is 423 g/mol. The number of hydrogen-bond donors (Lipinski definition) is 0. The Bertz CT molecular complexity index is 1130. The highest BCUT2D eigenvalue weighted by molar-refractivity contribution is 5.99. The van der Waals surface area contributed by atoms with Crippen LogP contribution in [-0.2, 0) is 12.8 Å². The number of allylic oxidation sites excluding steroid dienone is 1. The second-order valence-electron chi connectivity index (χ2n) is 9.52. The van der Waals surface area contributed by atoms with Crippen LogP contribution in [0.3, 0.4) is 0 Å². The highest BCUT2D eigenvalue weighted by Gasteiger charge is 2.26. The number of likely N-dealkylation sites (tertiary alicyclic amines) is 1. The number of fused-ring (bicyclic) bond motifs is 1. The van der Waals surface area contributed by atoms with Crippen LogP contribution in [0.25, 0.3) is 11.1 Å². The lowest BCUT2D eigenvalue weighted by Crippen LogP contribution is -2.47. The Hall–Kier alpha value is -2.98. The van der Waals surface area contributed by atoms with Crippen molar-refractivity contribution >= 4 is 11.1 Å². The van der Waals surface area contributed by atoms with Gasteiger partial charge in [-0.1, -0.05) is 48.5 Å². The van der Waals surface area contributed by atoms with Crippen LogP contribution in [0.2, 0.25) is 0 Å². The van der Waals surface area contributed by atoms with E-state index in [9.17, 15) is 4.39 Å². The molecule has 3 nitrogen and oxygen atoms in total. The van der Waals surface area contributed by atoms with Crippen molar-refractivity contribution in [3.05, 3.63) is 94.7 Å². The van der Waals surface area contributed by atoms with Gasteiger partial charge in [0.2, 0.25) is 5.88 Å². The molecule has 5 rings (SSSR count). The van der Waals surface area contributed by atoms with E-state index >= 15 is 0 Å². The van der Waals surface area contributed by atoms with Crippen molar-refractivity contribution in [2.24, 2.45) is 5.92 Å². The topological polar surface area (TPSA) is 25.4 Å². The number of pyridine rings is 1. The summed E-state index contributed by atoms with van der Waals surface area (Å²) in [7, 11) is 1.65. The molecule has 0 bridgehead atoms. The van der Waals surface area contributed by atoms with Crippen LogP contribution in [0.4, 0.5) is 4.39 Å². The molecular formula is C30H33FN2O. The largest absolute Gasteiger partial charge is 0.481 e. The Morgan fingerprint density at radius 2 is 1.76 bits per heavy atom. The van der Waals surface area contributed by atoms with Gasteiger partial charge in [-0.15, -0.1) is 0 Å². The molecule has 0 radical (unpaired) electrons. The smallest absolute Gasteiger partial charge is 0.212 e. The van der Waals surface area contributed by atoms with E-state index in [1.807, 2.05) is 12.3 Å². The number of ether oxygens (including phenoxy) is 1. The summed E-state index contributed by atoms with van der Waals surface area (Å²) in [6.07, 6.45) is 6.94. The lowest BCUT2D eigenvalue weighted by molar-refractivity contribution is 0.0968. The number of alkyl halides is 1. The third-order valence-electron chi connectivity index (χ3n) is 7.16. The monoisotopic (exact) mass is 456 g/mol. The summed E-state index contributed by atoms with van der Waals surface area (Å²) < 4.78 is 17.7. The van der Waals surface area contributed by atoms with Crippen molar-refractivity contribution in [1.29, 1.82) is 0 Å². The Kier molecular flexibility index (Phi) is 7.05. The van der Waals surface area contributed by atoms with Crippen molar-refractivity contribution in [3.8, 4) is 5.88 Å². The van der Waals surface area contributed by atoms with Crippen molar-refractivity contribution < 1.29 is 9.13 Å². The molecule has 1 fully saturated rings. The van der Waals surface area contributed by atoms with Crippen LogP contribution in [-0.4, -0.2) is 43.3 Å². The van der Waals surface area contributed by atoms with Gasteiger partial charge in [0, 0.05) is 31.9 Å². The molecule has 4 heteroatoms. The fourth-order valence-electron chi connectivity index (χ4n) is 5.44. The normalized spacial score (nSPS) is 16.6. The molecule has 1 saturated heterocycles. The van der Waals surface area contributed by atoms with E-state index in [0.29, 0.717) is 18.2 Å². The van der Waals surface area contributed by atoms with Crippen LogP contribution in [0, 0.1) is 5.92 Å². The van der Waals surface area contributed by atoms with E-state index in [-0.39, 0.29) is 6.67 Å². The number of nitrogens with zero attached hydrogens (tertiary/aromatic N) is 2. The second kappa shape index (κ2) is 10.5. The molecule has 2 aromatic carbocycles. The van der Waals surface area contributed by atoms with Gasteiger partial charge in [-0.3, -0.25) is 4.39 Å². The summed E-state index contributed by atoms with van der Waals surface area (Å²) in [4.78, 5) is 6.86. The highest BCUT2D eigenvalue weighted by Crippen LogP contribution is 2.40. The highest BCUT2D eigenvalue weighted by atomic mass is 19.1. The molecule has 0 saturated carbocycles. The van der Waals surface area contributed by atoms with E-state index in [4.69, 9.17) is 4.74 Å². The summed E-state index contributed by atoms with van der Waals surface area (Å²) in [6, 6.07) is 22.1. The first-order valence-corrected chi connectivity index (χ1v) is 12.4. The number of rotatable bonds is 8. The van der Waals surface area contributed by atoms with E-state index < -0.39 is 0 Å². The van der Waals surface area contributed by atoms with Crippen LogP contribution in [0.15, 0.2) is 66.9 Å². The zero-order chi connectivity index (χ0) is 23.3. The van der Waals surface area contributed by atoms with Gasteiger partial charge in [0.1, 0.15) is 0 Å². The minimum absolute atomic E-state index is 0.212. The number of benzene rings is 2. The van der Waals surface area contributed by atoms with Crippen LogP contribution in [0.1, 0.15) is 47.1 Å². The molecule has 0 spiro atoms. The predicted molar refractivity (Wildman–Crippen MR) is 137 cm³/mol. The van der Waals surface area contributed by atoms with Gasteiger partial charge in [0.15, 0.2) is 0 Å². The van der Waals surface area contributed by atoms with Crippen molar-refractivity contribution in [3.63, 3.8) is 0 Å². The fraction of sp³-hybridized carbons (Fsp3) is 0.367.